The van der Waals surface area contributed by atoms with Gasteiger partial charge in [0, 0.05) is 24.3 Å². The van der Waals surface area contributed by atoms with Crippen LogP contribution in [0.2, 0.25) is 0 Å². The number of benzene rings is 2. The number of aryl methyl sites for hydroxylation is 2. The van der Waals surface area contributed by atoms with Crippen LogP contribution < -0.4 is 10.0 Å². The molecule has 2 aromatic rings. The van der Waals surface area contributed by atoms with E-state index in [1.54, 1.807) is 42.5 Å². The van der Waals surface area contributed by atoms with Gasteiger partial charge in [0.05, 0.1) is 4.90 Å². The molecule has 0 heterocycles. The first-order valence-corrected chi connectivity index (χ1v) is 11.0. The molecule has 0 saturated carbocycles. The van der Waals surface area contributed by atoms with Gasteiger partial charge in [-0.2, -0.15) is 0 Å². The predicted molar refractivity (Wildman–Crippen MR) is 113 cm³/mol. The smallest absolute Gasteiger partial charge is 0.261 e. The number of nitrogens with one attached hydrogen (secondary N) is 2. The lowest BCUT2D eigenvalue weighted by molar-refractivity contribution is 0.0949. The van der Waals surface area contributed by atoms with E-state index in [9.17, 15) is 13.2 Å². The van der Waals surface area contributed by atoms with Crippen LogP contribution in [-0.2, 0) is 10.0 Å². The highest BCUT2D eigenvalue weighted by atomic mass is 32.2. The van der Waals surface area contributed by atoms with E-state index in [1.165, 1.54) is 0 Å². The Morgan fingerprint density at radius 1 is 0.964 bits per heavy atom. The molecule has 2 rings (SSSR count). The number of likely N-dealkylation sites (N-methyl/N-ethyl adjacent to an activating group) is 1. The Bertz CT molecular complexity index is 905. The van der Waals surface area contributed by atoms with E-state index >= 15 is 0 Å². The van der Waals surface area contributed by atoms with Crippen LogP contribution in [0.25, 0.3) is 0 Å². The van der Waals surface area contributed by atoms with Crippen LogP contribution >= 0.6 is 0 Å². The fraction of sp³-hybridized carbons (Fsp3) is 0.381. The molecule has 1 amide bonds. The molecule has 0 aromatic heterocycles. The van der Waals surface area contributed by atoms with E-state index in [1.807, 2.05) is 13.8 Å². The number of nitrogens with zero attached hydrogens (tertiary/aromatic N) is 1. The summed E-state index contributed by atoms with van der Waals surface area (Å²) in [5, 5.41) is 2.88. The van der Waals surface area contributed by atoms with Crippen LogP contribution in [0.1, 0.15) is 35.3 Å². The molecule has 0 aliphatic rings. The SMILES string of the molecule is CCN(CC)CCNC(=O)c1ccc(NS(=O)(=O)c2ccc(C)c(C)c2)cc1. The maximum absolute atomic E-state index is 12.6. The third-order valence-electron chi connectivity index (χ3n) is 4.80. The number of rotatable bonds is 9. The first-order chi connectivity index (χ1) is 13.3. The van der Waals surface area contributed by atoms with Crippen molar-refractivity contribution >= 4 is 21.6 Å². The van der Waals surface area contributed by atoms with E-state index in [2.05, 4.69) is 28.8 Å². The monoisotopic (exact) mass is 403 g/mol. The molecule has 0 spiro atoms. The quantitative estimate of drug-likeness (QED) is 0.674. The van der Waals surface area contributed by atoms with Gasteiger partial charge in [0.25, 0.3) is 15.9 Å². The topological polar surface area (TPSA) is 78.5 Å². The largest absolute Gasteiger partial charge is 0.351 e. The van der Waals surface area contributed by atoms with Gasteiger partial charge in [-0.3, -0.25) is 9.52 Å². The number of hydrogen-bond donors (Lipinski definition) is 2. The van der Waals surface area contributed by atoms with Crippen molar-refractivity contribution in [3.05, 3.63) is 59.2 Å². The molecule has 6 nitrogen and oxygen atoms in total. The van der Waals surface area contributed by atoms with Crippen molar-refractivity contribution in [2.24, 2.45) is 0 Å². The number of anilines is 1. The summed E-state index contributed by atoms with van der Waals surface area (Å²) in [7, 11) is -3.67. The van der Waals surface area contributed by atoms with Gasteiger partial charge in [-0.1, -0.05) is 19.9 Å². The average Bonchev–Trinajstić information content (AvgIpc) is 2.67. The fourth-order valence-electron chi connectivity index (χ4n) is 2.75. The highest BCUT2D eigenvalue weighted by Gasteiger charge is 2.15. The van der Waals surface area contributed by atoms with Crippen molar-refractivity contribution in [1.29, 1.82) is 0 Å². The van der Waals surface area contributed by atoms with Crippen LogP contribution in [0.4, 0.5) is 5.69 Å². The van der Waals surface area contributed by atoms with Gasteiger partial charge in [0.15, 0.2) is 0 Å². The molecule has 0 bridgehead atoms. The van der Waals surface area contributed by atoms with Crippen LogP contribution in [0.15, 0.2) is 47.4 Å². The standard InChI is InChI=1S/C21H29N3O3S/c1-5-24(6-2)14-13-22-21(25)18-8-10-19(11-9-18)23-28(26,27)20-12-7-16(3)17(4)15-20/h7-12,15,23H,5-6,13-14H2,1-4H3,(H,22,25). The van der Waals surface area contributed by atoms with Crippen molar-refractivity contribution in [3.8, 4) is 0 Å². The van der Waals surface area contributed by atoms with Gasteiger partial charge in [-0.25, -0.2) is 8.42 Å². The van der Waals surface area contributed by atoms with E-state index in [-0.39, 0.29) is 10.8 Å². The van der Waals surface area contributed by atoms with Crippen molar-refractivity contribution in [1.82, 2.24) is 10.2 Å². The highest BCUT2D eigenvalue weighted by molar-refractivity contribution is 7.92. The van der Waals surface area contributed by atoms with Crippen molar-refractivity contribution in [2.75, 3.05) is 30.9 Å². The van der Waals surface area contributed by atoms with Crippen LogP contribution in [0.3, 0.4) is 0 Å². The van der Waals surface area contributed by atoms with E-state index < -0.39 is 10.0 Å². The molecule has 0 fully saturated rings. The Morgan fingerprint density at radius 3 is 2.18 bits per heavy atom. The normalized spacial score (nSPS) is 11.5. The molecule has 2 aromatic carbocycles. The second-order valence-electron chi connectivity index (χ2n) is 6.71. The first kappa shape index (κ1) is 21.9. The zero-order valence-corrected chi connectivity index (χ0v) is 17.8. The Balaban J connectivity index is 1.99. The zero-order valence-electron chi connectivity index (χ0n) is 17.0. The molecule has 0 saturated heterocycles. The van der Waals surface area contributed by atoms with E-state index in [0.29, 0.717) is 17.8 Å². The number of carbonyl (C=O) groups excluding carboxylic acids is 1. The summed E-state index contributed by atoms with van der Waals surface area (Å²) in [6.07, 6.45) is 0. The maximum Gasteiger partial charge on any atom is 0.261 e. The molecule has 2 N–H and O–H groups in total. The summed E-state index contributed by atoms with van der Waals surface area (Å²) >= 11 is 0. The molecule has 28 heavy (non-hydrogen) atoms. The van der Waals surface area contributed by atoms with E-state index in [4.69, 9.17) is 0 Å². The van der Waals surface area contributed by atoms with Crippen molar-refractivity contribution in [2.45, 2.75) is 32.6 Å². The molecular formula is C21H29N3O3S. The minimum Gasteiger partial charge on any atom is -0.351 e. The summed E-state index contributed by atoms with van der Waals surface area (Å²) in [4.78, 5) is 14.7. The summed E-state index contributed by atoms with van der Waals surface area (Å²) in [6, 6.07) is 11.4. The number of sulfonamides is 1. The van der Waals surface area contributed by atoms with Crippen molar-refractivity contribution in [3.63, 3.8) is 0 Å². The second-order valence-corrected chi connectivity index (χ2v) is 8.39. The highest BCUT2D eigenvalue weighted by Crippen LogP contribution is 2.19. The van der Waals surface area contributed by atoms with Gasteiger partial charge in [0.1, 0.15) is 0 Å². The second kappa shape index (κ2) is 9.71. The molecular weight excluding hydrogens is 374 g/mol. The lowest BCUT2D eigenvalue weighted by Gasteiger charge is -2.18. The fourth-order valence-corrected chi connectivity index (χ4v) is 3.90. The number of carbonyl (C=O) groups is 1. The number of amides is 1. The third kappa shape index (κ3) is 5.81. The molecule has 0 unspecified atom stereocenters. The summed E-state index contributed by atoms with van der Waals surface area (Å²) in [5.41, 5.74) is 2.86. The minimum absolute atomic E-state index is 0.171. The van der Waals surface area contributed by atoms with Crippen molar-refractivity contribution < 1.29 is 13.2 Å². The van der Waals surface area contributed by atoms with Gasteiger partial charge in [-0.15, -0.1) is 0 Å². The Kier molecular flexibility index (Phi) is 7.60. The lowest BCUT2D eigenvalue weighted by Crippen LogP contribution is -2.34. The minimum atomic E-state index is -3.67. The average molecular weight is 404 g/mol. The van der Waals surface area contributed by atoms with Gasteiger partial charge >= 0.3 is 0 Å². The zero-order chi connectivity index (χ0) is 20.7. The summed E-state index contributed by atoms with van der Waals surface area (Å²) < 4.78 is 27.7. The summed E-state index contributed by atoms with van der Waals surface area (Å²) in [5.74, 6) is -0.171. The van der Waals surface area contributed by atoms with Crippen LogP contribution in [0, 0.1) is 13.8 Å². The predicted octanol–water partition coefficient (Wildman–Crippen LogP) is 3.18. The van der Waals surface area contributed by atoms with Gasteiger partial charge < -0.3 is 10.2 Å². The lowest BCUT2D eigenvalue weighted by atomic mass is 10.1. The van der Waals surface area contributed by atoms with Crippen LogP contribution in [-0.4, -0.2) is 45.4 Å². The molecule has 7 heteroatoms. The van der Waals surface area contributed by atoms with Gasteiger partial charge in [0.2, 0.25) is 0 Å². The van der Waals surface area contributed by atoms with E-state index in [0.717, 1.165) is 30.8 Å². The molecule has 0 atom stereocenters. The molecule has 0 aliphatic carbocycles. The Hall–Kier alpha value is -2.38. The number of hydrogen-bond acceptors (Lipinski definition) is 4. The first-order valence-electron chi connectivity index (χ1n) is 9.47. The third-order valence-corrected chi connectivity index (χ3v) is 6.17. The maximum atomic E-state index is 12.6. The Morgan fingerprint density at radius 2 is 1.61 bits per heavy atom. The molecule has 0 radical (unpaired) electrons. The molecule has 0 aliphatic heterocycles. The van der Waals surface area contributed by atoms with Gasteiger partial charge in [-0.05, 0) is 74.5 Å². The molecule has 152 valence electrons. The summed E-state index contributed by atoms with van der Waals surface area (Å²) in [6.45, 7) is 11.2. The van der Waals surface area contributed by atoms with Crippen LogP contribution in [0.5, 0.6) is 0 Å². The Labute approximate surface area is 168 Å².